The molecule has 0 amide bonds. The quantitative estimate of drug-likeness (QED) is 0.746. The minimum absolute atomic E-state index is 0.227. The van der Waals surface area contributed by atoms with E-state index in [4.69, 9.17) is 16.3 Å². The predicted octanol–water partition coefficient (Wildman–Crippen LogP) is 3.37. The summed E-state index contributed by atoms with van der Waals surface area (Å²) in [5.74, 6) is 1.44. The number of ether oxygens (including phenoxy) is 1. The molecule has 3 heteroatoms. The van der Waals surface area contributed by atoms with E-state index in [1.165, 1.54) is 5.56 Å². The first-order valence-electron chi connectivity index (χ1n) is 3.62. The SMILES string of the molecule is COc1ccc(C(Br)CCl)cc1. The summed E-state index contributed by atoms with van der Waals surface area (Å²) in [6.45, 7) is 0. The Hall–Kier alpha value is -0.210. The first-order chi connectivity index (χ1) is 5.77. The maximum atomic E-state index is 5.68. The Morgan fingerprint density at radius 2 is 2.00 bits per heavy atom. The van der Waals surface area contributed by atoms with Gasteiger partial charge in [0.15, 0.2) is 0 Å². The van der Waals surface area contributed by atoms with Gasteiger partial charge in [-0.3, -0.25) is 0 Å². The standard InChI is InChI=1S/C9H10BrClO/c1-12-8-4-2-7(3-5-8)9(10)6-11/h2-5,9H,6H2,1H3. The van der Waals surface area contributed by atoms with E-state index >= 15 is 0 Å². The van der Waals surface area contributed by atoms with E-state index in [2.05, 4.69) is 15.9 Å². The maximum absolute atomic E-state index is 5.68. The van der Waals surface area contributed by atoms with Crippen LogP contribution in [0, 0.1) is 0 Å². The first-order valence-corrected chi connectivity index (χ1v) is 5.07. The molecule has 0 fully saturated rings. The smallest absolute Gasteiger partial charge is 0.118 e. The van der Waals surface area contributed by atoms with Crippen molar-refractivity contribution in [2.45, 2.75) is 4.83 Å². The minimum atomic E-state index is 0.227. The van der Waals surface area contributed by atoms with Crippen molar-refractivity contribution in [2.24, 2.45) is 0 Å². The first kappa shape index (κ1) is 9.87. The van der Waals surface area contributed by atoms with E-state index in [1.54, 1.807) is 7.11 Å². The summed E-state index contributed by atoms with van der Waals surface area (Å²) < 4.78 is 5.03. The van der Waals surface area contributed by atoms with Crippen molar-refractivity contribution in [2.75, 3.05) is 13.0 Å². The number of hydrogen-bond donors (Lipinski definition) is 0. The van der Waals surface area contributed by atoms with Gasteiger partial charge >= 0.3 is 0 Å². The van der Waals surface area contributed by atoms with Crippen molar-refractivity contribution < 1.29 is 4.74 Å². The number of alkyl halides is 2. The van der Waals surface area contributed by atoms with Gasteiger partial charge in [0.1, 0.15) is 5.75 Å². The highest BCUT2D eigenvalue weighted by Gasteiger charge is 2.04. The molecule has 0 N–H and O–H groups in total. The van der Waals surface area contributed by atoms with Gasteiger partial charge in [0.05, 0.1) is 11.9 Å². The molecule has 0 saturated heterocycles. The molecule has 0 aliphatic heterocycles. The molecule has 1 aromatic rings. The molecular formula is C9H10BrClO. The lowest BCUT2D eigenvalue weighted by Crippen LogP contribution is -1.90. The second-order valence-corrected chi connectivity index (χ2v) is 3.81. The van der Waals surface area contributed by atoms with Crippen molar-refractivity contribution in [3.63, 3.8) is 0 Å². The Balaban J connectivity index is 2.77. The Morgan fingerprint density at radius 3 is 2.42 bits per heavy atom. The van der Waals surface area contributed by atoms with Crippen LogP contribution < -0.4 is 4.74 Å². The Morgan fingerprint density at radius 1 is 1.42 bits per heavy atom. The number of hydrogen-bond acceptors (Lipinski definition) is 1. The highest BCUT2D eigenvalue weighted by atomic mass is 79.9. The molecule has 12 heavy (non-hydrogen) atoms. The van der Waals surface area contributed by atoms with Crippen molar-refractivity contribution in [3.05, 3.63) is 29.8 Å². The Bertz CT molecular complexity index is 235. The minimum Gasteiger partial charge on any atom is -0.497 e. The van der Waals surface area contributed by atoms with Crippen LogP contribution in [0.15, 0.2) is 24.3 Å². The average Bonchev–Trinajstić information content (AvgIpc) is 2.17. The summed E-state index contributed by atoms with van der Waals surface area (Å²) in [6.07, 6.45) is 0. The van der Waals surface area contributed by atoms with Gasteiger partial charge in [-0.2, -0.15) is 0 Å². The lowest BCUT2D eigenvalue weighted by molar-refractivity contribution is 0.414. The van der Waals surface area contributed by atoms with E-state index in [9.17, 15) is 0 Å². The van der Waals surface area contributed by atoms with Crippen molar-refractivity contribution in [3.8, 4) is 5.75 Å². The van der Waals surface area contributed by atoms with Crippen molar-refractivity contribution in [1.29, 1.82) is 0 Å². The van der Waals surface area contributed by atoms with Crippen molar-refractivity contribution >= 4 is 27.5 Å². The van der Waals surface area contributed by atoms with E-state index in [1.807, 2.05) is 24.3 Å². The summed E-state index contributed by atoms with van der Waals surface area (Å²) in [4.78, 5) is 0.227. The normalized spacial score (nSPS) is 12.6. The largest absolute Gasteiger partial charge is 0.497 e. The molecular weight excluding hydrogens is 239 g/mol. The fourth-order valence-electron chi connectivity index (χ4n) is 0.902. The molecule has 0 aromatic heterocycles. The van der Waals surface area contributed by atoms with Gasteiger partial charge in [-0.25, -0.2) is 0 Å². The van der Waals surface area contributed by atoms with Crippen LogP contribution in [0.2, 0.25) is 0 Å². The lowest BCUT2D eigenvalue weighted by atomic mass is 10.2. The highest BCUT2D eigenvalue weighted by molar-refractivity contribution is 9.09. The lowest BCUT2D eigenvalue weighted by Gasteiger charge is -2.06. The predicted molar refractivity (Wildman–Crippen MR) is 55.4 cm³/mol. The molecule has 1 atom stereocenters. The maximum Gasteiger partial charge on any atom is 0.118 e. The van der Waals surface area contributed by atoms with Crippen LogP contribution >= 0.6 is 27.5 Å². The van der Waals surface area contributed by atoms with Crippen LogP contribution in [0.5, 0.6) is 5.75 Å². The average molecular weight is 250 g/mol. The van der Waals surface area contributed by atoms with Gasteiger partial charge in [0, 0.05) is 5.88 Å². The van der Waals surface area contributed by atoms with Gasteiger partial charge in [-0.1, -0.05) is 28.1 Å². The topological polar surface area (TPSA) is 9.23 Å². The second kappa shape index (κ2) is 4.73. The zero-order chi connectivity index (χ0) is 8.97. The fourth-order valence-corrected chi connectivity index (χ4v) is 1.39. The van der Waals surface area contributed by atoms with Crippen LogP contribution in [0.4, 0.5) is 0 Å². The summed E-state index contributed by atoms with van der Waals surface area (Å²) >= 11 is 9.14. The van der Waals surface area contributed by atoms with Gasteiger partial charge in [0.2, 0.25) is 0 Å². The van der Waals surface area contributed by atoms with E-state index in [0.29, 0.717) is 5.88 Å². The third-order valence-corrected chi connectivity index (χ3v) is 3.15. The molecule has 1 nitrogen and oxygen atoms in total. The third-order valence-electron chi connectivity index (χ3n) is 1.61. The molecule has 0 saturated carbocycles. The van der Waals surface area contributed by atoms with Crippen LogP contribution in [-0.4, -0.2) is 13.0 Å². The van der Waals surface area contributed by atoms with Gasteiger partial charge in [-0.15, -0.1) is 11.6 Å². The molecule has 0 bridgehead atoms. The molecule has 0 aliphatic carbocycles. The van der Waals surface area contributed by atoms with E-state index in [0.717, 1.165) is 5.75 Å². The zero-order valence-electron chi connectivity index (χ0n) is 6.76. The summed E-state index contributed by atoms with van der Waals surface area (Å²) in [5.41, 5.74) is 1.17. The third kappa shape index (κ3) is 2.39. The second-order valence-electron chi connectivity index (χ2n) is 2.39. The van der Waals surface area contributed by atoms with Crippen LogP contribution in [-0.2, 0) is 0 Å². The van der Waals surface area contributed by atoms with E-state index in [-0.39, 0.29) is 4.83 Å². The molecule has 1 unspecified atom stereocenters. The molecule has 66 valence electrons. The molecule has 0 heterocycles. The summed E-state index contributed by atoms with van der Waals surface area (Å²) in [5, 5.41) is 0. The molecule has 0 aliphatic rings. The Kier molecular flexibility index (Phi) is 3.89. The number of benzene rings is 1. The molecule has 1 rings (SSSR count). The molecule has 0 spiro atoms. The van der Waals surface area contributed by atoms with Gasteiger partial charge < -0.3 is 4.74 Å². The number of halogens is 2. The van der Waals surface area contributed by atoms with Crippen LogP contribution in [0.3, 0.4) is 0 Å². The van der Waals surface area contributed by atoms with Crippen molar-refractivity contribution in [1.82, 2.24) is 0 Å². The van der Waals surface area contributed by atoms with Crippen LogP contribution in [0.25, 0.3) is 0 Å². The highest BCUT2D eigenvalue weighted by Crippen LogP contribution is 2.25. The summed E-state index contributed by atoms with van der Waals surface area (Å²) in [7, 11) is 1.65. The van der Waals surface area contributed by atoms with Crippen LogP contribution in [0.1, 0.15) is 10.4 Å². The van der Waals surface area contributed by atoms with E-state index < -0.39 is 0 Å². The monoisotopic (exact) mass is 248 g/mol. The molecule has 1 aromatic carbocycles. The fraction of sp³-hybridized carbons (Fsp3) is 0.333. The zero-order valence-corrected chi connectivity index (χ0v) is 9.10. The van der Waals surface area contributed by atoms with Gasteiger partial charge in [0.25, 0.3) is 0 Å². The Labute approximate surface area is 85.8 Å². The summed E-state index contributed by atoms with van der Waals surface area (Å²) in [6, 6.07) is 7.85. The number of methoxy groups -OCH3 is 1. The molecule has 0 radical (unpaired) electrons. The van der Waals surface area contributed by atoms with Gasteiger partial charge in [-0.05, 0) is 17.7 Å². The number of rotatable bonds is 3.